The first-order chi connectivity index (χ1) is 13.0. The van der Waals surface area contributed by atoms with Crippen LogP contribution in [0.1, 0.15) is 57.8 Å². The van der Waals surface area contributed by atoms with E-state index in [1.165, 1.54) is 23.6 Å². The fourth-order valence-corrected chi connectivity index (χ4v) is 5.97. The van der Waals surface area contributed by atoms with Crippen LogP contribution >= 0.6 is 11.6 Å². The van der Waals surface area contributed by atoms with Crippen molar-refractivity contribution in [2.45, 2.75) is 68.7 Å². The van der Waals surface area contributed by atoms with Gasteiger partial charge in [-0.1, -0.05) is 43.7 Å². The van der Waals surface area contributed by atoms with Crippen LogP contribution in [0.2, 0.25) is 5.02 Å². The molecule has 2 aliphatic rings. The Bertz CT molecular complexity index is 728. The fourth-order valence-electron chi connectivity index (χ4n) is 4.15. The summed E-state index contributed by atoms with van der Waals surface area (Å²) < 4.78 is 27.4. The number of carbonyl (C=O) groups is 1. The number of halogens is 1. The standard InChI is InChI=1S/C20H29ClN2O3S/c21-17-10-12-19(13-11-17)27(25,26)23-14-6-9-18(23)15-22-20(24)16-7-4-2-1-3-5-8-16/h10-13,16,18H,1-9,14-15H2,(H,22,24)/t18-/m1/s1. The molecule has 1 aliphatic heterocycles. The van der Waals surface area contributed by atoms with Gasteiger partial charge >= 0.3 is 0 Å². The highest BCUT2D eigenvalue weighted by atomic mass is 35.5. The Labute approximate surface area is 167 Å². The third-order valence-electron chi connectivity index (χ3n) is 5.73. The van der Waals surface area contributed by atoms with E-state index >= 15 is 0 Å². The lowest BCUT2D eigenvalue weighted by Crippen LogP contribution is -2.44. The Kier molecular flexibility index (Phi) is 7.17. The zero-order valence-corrected chi connectivity index (χ0v) is 17.3. The molecule has 1 aliphatic carbocycles. The van der Waals surface area contributed by atoms with Crippen molar-refractivity contribution in [1.82, 2.24) is 9.62 Å². The van der Waals surface area contributed by atoms with Crippen molar-refractivity contribution >= 4 is 27.5 Å². The van der Waals surface area contributed by atoms with Crippen molar-refractivity contribution in [1.29, 1.82) is 0 Å². The van der Waals surface area contributed by atoms with Crippen molar-refractivity contribution in [3.8, 4) is 0 Å². The van der Waals surface area contributed by atoms with Crippen LogP contribution in [-0.4, -0.2) is 37.8 Å². The van der Waals surface area contributed by atoms with E-state index in [2.05, 4.69) is 5.32 Å². The van der Waals surface area contributed by atoms with Crippen LogP contribution in [0.5, 0.6) is 0 Å². The van der Waals surface area contributed by atoms with E-state index in [4.69, 9.17) is 11.6 Å². The molecule has 1 aromatic carbocycles. The summed E-state index contributed by atoms with van der Waals surface area (Å²) in [6.07, 6.45) is 9.39. The molecular weight excluding hydrogens is 384 g/mol. The summed E-state index contributed by atoms with van der Waals surface area (Å²) in [7, 11) is -3.56. The average Bonchev–Trinajstić information content (AvgIpc) is 3.09. The van der Waals surface area contributed by atoms with Gasteiger partial charge in [0.1, 0.15) is 0 Å². The van der Waals surface area contributed by atoms with Crippen LogP contribution in [0.15, 0.2) is 29.2 Å². The Morgan fingerprint density at radius 3 is 2.30 bits per heavy atom. The number of nitrogens with one attached hydrogen (secondary N) is 1. The second-order valence-corrected chi connectivity index (χ2v) is 9.98. The zero-order valence-electron chi connectivity index (χ0n) is 15.7. The summed E-state index contributed by atoms with van der Waals surface area (Å²) in [5.74, 6) is 0.167. The number of hydrogen-bond donors (Lipinski definition) is 1. The molecule has 1 atom stereocenters. The molecule has 0 spiro atoms. The molecule has 7 heteroatoms. The maximum atomic E-state index is 13.0. The number of carbonyl (C=O) groups excluding carboxylic acids is 1. The molecule has 3 rings (SSSR count). The number of hydrogen-bond acceptors (Lipinski definition) is 3. The largest absolute Gasteiger partial charge is 0.354 e. The number of nitrogens with zero attached hydrogens (tertiary/aromatic N) is 1. The first kappa shape index (κ1) is 20.6. The Balaban J connectivity index is 1.60. The summed E-state index contributed by atoms with van der Waals surface area (Å²) in [5.41, 5.74) is 0. The van der Waals surface area contributed by atoms with E-state index in [9.17, 15) is 13.2 Å². The summed E-state index contributed by atoms with van der Waals surface area (Å²) in [6.45, 7) is 0.886. The molecule has 0 radical (unpaired) electrons. The number of amides is 1. The van der Waals surface area contributed by atoms with E-state index in [1.807, 2.05) is 0 Å². The third kappa shape index (κ3) is 5.24. The van der Waals surface area contributed by atoms with Gasteiger partial charge in [0.25, 0.3) is 0 Å². The van der Waals surface area contributed by atoms with Crippen molar-refractivity contribution in [2.24, 2.45) is 5.92 Å². The van der Waals surface area contributed by atoms with Gasteiger partial charge in [0.15, 0.2) is 0 Å². The molecule has 1 N–H and O–H groups in total. The van der Waals surface area contributed by atoms with Gasteiger partial charge in [0.05, 0.1) is 4.90 Å². The molecule has 150 valence electrons. The molecule has 1 aromatic rings. The highest BCUT2D eigenvalue weighted by molar-refractivity contribution is 7.89. The molecule has 0 aromatic heterocycles. The molecule has 27 heavy (non-hydrogen) atoms. The highest BCUT2D eigenvalue weighted by Gasteiger charge is 2.35. The van der Waals surface area contributed by atoms with Gasteiger partial charge in [-0.3, -0.25) is 4.79 Å². The van der Waals surface area contributed by atoms with Gasteiger partial charge in [-0.15, -0.1) is 0 Å². The minimum atomic E-state index is -3.56. The van der Waals surface area contributed by atoms with Gasteiger partial charge in [0, 0.05) is 30.1 Å². The van der Waals surface area contributed by atoms with Crippen LogP contribution < -0.4 is 5.32 Å². The topological polar surface area (TPSA) is 66.5 Å². The van der Waals surface area contributed by atoms with Gasteiger partial charge in [-0.05, 0) is 49.9 Å². The molecule has 5 nitrogen and oxygen atoms in total. The van der Waals surface area contributed by atoms with E-state index < -0.39 is 10.0 Å². The lowest BCUT2D eigenvalue weighted by atomic mass is 9.90. The van der Waals surface area contributed by atoms with Gasteiger partial charge in [-0.25, -0.2) is 8.42 Å². The van der Waals surface area contributed by atoms with Crippen LogP contribution in [0.3, 0.4) is 0 Å². The molecule has 2 fully saturated rings. The Hall–Kier alpha value is -1.11. The molecule has 1 amide bonds. The Morgan fingerprint density at radius 2 is 1.63 bits per heavy atom. The lowest BCUT2D eigenvalue weighted by Gasteiger charge is -2.26. The molecule has 1 saturated heterocycles. The van der Waals surface area contributed by atoms with E-state index in [0.29, 0.717) is 18.1 Å². The normalized spacial score (nSPS) is 22.9. The minimum absolute atomic E-state index is 0.0769. The summed E-state index contributed by atoms with van der Waals surface area (Å²) >= 11 is 5.87. The highest BCUT2D eigenvalue weighted by Crippen LogP contribution is 2.27. The first-order valence-corrected chi connectivity index (χ1v) is 11.9. The number of benzene rings is 1. The summed E-state index contributed by atoms with van der Waals surface area (Å²) in [5, 5.41) is 3.55. The van der Waals surface area contributed by atoms with Gasteiger partial charge in [0.2, 0.25) is 15.9 Å². The van der Waals surface area contributed by atoms with E-state index in [0.717, 1.165) is 38.5 Å². The monoisotopic (exact) mass is 412 g/mol. The van der Waals surface area contributed by atoms with Crippen LogP contribution in [-0.2, 0) is 14.8 Å². The zero-order chi connectivity index (χ0) is 19.3. The van der Waals surface area contributed by atoms with Crippen molar-refractivity contribution in [3.63, 3.8) is 0 Å². The lowest BCUT2D eigenvalue weighted by molar-refractivity contribution is -0.125. The maximum absolute atomic E-state index is 13.0. The maximum Gasteiger partial charge on any atom is 0.243 e. The smallest absolute Gasteiger partial charge is 0.243 e. The summed E-state index contributed by atoms with van der Waals surface area (Å²) in [4.78, 5) is 12.8. The van der Waals surface area contributed by atoms with Crippen molar-refractivity contribution < 1.29 is 13.2 Å². The van der Waals surface area contributed by atoms with Crippen LogP contribution in [0.4, 0.5) is 0 Å². The SMILES string of the molecule is O=C(NC[C@H]1CCCN1S(=O)(=O)c1ccc(Cl)cc1)C1CCCCCCC1. The van der Waals surface area contributed by atoms with E-state index in [1.54, 1.807) is 24.3 Å². The van der Waals surface area contributed by atoms with Gasteiger partial charge < -0.3 is 5.32 Å². The Morgan fingerprint density at radius 1 is 1.00 bits per heavy atom. The minimum Gasteiger partial charge on any atom is -0.354 e. The van der Waals surface area contributed by atoms with Crippen molar-refractivity contribution in [2.75, 3.05) is 13.1 Å². The predicted molar refractivity (Wildman–Crippen MR) is 107 cm³/mol. The molecule has 1 saturated carbocycles. The van der Waals surface area contributed by atoms with Crippen LogP contribution in [0.25, 0.3) is 0 Å². The fraction of sp³-hybridized carbons (Fsp3) is 0.650. The second kappa shape index (κ2) is 9.39. The molecule has 0 bridgehead atoms. The third-order valence-corrected chi connectivity index (χ3v) is 7.95. The predicted octanol–water partition coefficient (Wildman–Crippen LogP) is 3.97. The molecule has 1 heterocycles. The summed E-state index contributed by atoms with van der Waals surface area (Å²) in [6, 6.07) is 6.09. The molecule has 0 unspecified atom stereocenters. The second-order valence-electron chi connectivity index (χ2n) is 7.65. The quantitative estimate of drug-likeness (QED) is 0.795. The van der Waals surface area contributed by atoms with Crippen LogP contribution in [0, 0.1) is 5.92 Å². The number of rotatable bonds is 5. The van der Waals surface area contributed by atoms with E-state index in [-0.39, 0.29) is 22.8 Å². The first-order valence-electron chi connectivity index (χ1n) is 10.0. The number of sulfonamides is 1. The average molecular weight is 413 g/mol. The van der Waals surface area contributed by atoms with Crippen molar-refractivity contribution in [3.05, 3.63) is 29.3 Å². The molecular formula is C20H29ClN2O3S. The van der Waals surface area contributed by atoms with Gasteiger partial charge in [-0.2, -0.15) is 4.31 Å².